The minimum Gasteiger partial charge on any atom is -0.497 e. The van der Waals surface area contributed by atoms with Crippen LogP contribution in [0, 0.1) is 17.8 Å². The zero-order valence-corrected chi connectivity index (χ0v) is 43.9. The van der Waals surface area contributed by atoms with E-state index in [1.54, 1.807) is 7.11 Å². The Balaban J connectivity index is 2.64. The Morgan fingerprint density at radius 3 is 1.81 bits per heavy atom. The van der Waals surface area contributed by atoms with E-state index >= 15 is 0 Å². The summed E-state index contributed by atoms with van der Waals surface area (Å²) in [4.78, 5) is 11.8. The lowest BCUT2D eigenvalue weighted by molar-refractivity contribution is -0.144. The van der Waals surface area contributed by atoms with Gasteiger partial charge in [-0.15, -0.1) is 0 Å². The molecule has 9 atom stereocenters. The van der Waals surface area contributed by atoms with Gasteiger partial charge in [-0.05, 0) is 91.4 Å². The number of cyclic esters (lactones) is 1. The molecular formula is C47H88O9Si3. The van der Waals surface area contributed by atoms with Crippen molar-refractivity contribution in [1.82, 2.24) is 0 Å². The monoisotopic (exact) mass is 881 g/mol. The van der Waals surface area contributed by atoms with Crippen molar-refractivity contribution >= 4 is 30.9 Å². The van der Waals surface area contributed by atoms with Crippen LogP contribution < -0.4 is 4.74 Å². The molecule has 1 saturated heterocycles. The van der Waals surface area contributed by atoms with Gasteiger partial charge in [-0.25, -0.2) is 0 Å². The molecule has 0 radical (unpaired) electrons. The molecule has 12 heteroatoms. The molecule has 0 bridgehead atoms. The molecule has 1 fully saturated rings. The number of carbonyl (C=O) groups is 1. The van der Waals surface area contributed by atoms with Crippen LogP contribution in [-0.4, -0.2) is 91.5 Å². The first-order chi connectivity index (χ1) is 26.9. The van der Waals surface area contributed by atoms with Gasteiger partial charge in [0.15, 0.2) is 25.0 Å². The highest BCUT2D eigenvalue weighted by molar-refractivity contribution is 6.75. The molecule has 0 saturated carbocycles. The van der Waals surface area contributed by atoms with E-state index in [1.165, 1.54) is 0 Å². The van der Waals surface area contributed by atoms with Crippen LogP contribution in [0.15, 0.2) is 36.4 Å². The van der Waals surface area contributed by atoms with Crippen LogP contribution in [0.2, 0.25) is 54.4 Å². The second-order valence-electron chi connectivity index (χ2n) is 22.1. The summed E-state index contributed by atoms with van der Waals surface area (Å²) in [5.41, 5.74) is 1.04. The van der Waals surface area contributed by atoms with Crippen molar-refractivity contribution in [1.29, 1.82) is 0 Å². The lowest BCUT2D eigenvalue weighted by Crippen LogP contribution is -2.51. The van der Waals surface area contributed by atoms with Gasteiger partial charge in [0.2, 0.25) is 0 Å². The Kier molecular flexibility index (Phi) is 19.9. The van der Waals surface area contributed by atoms with E-state index in [9.17, 15) is 15.0 Å². The first-order valence-electron chi connectivity index (χ1n) is 22.3. The van der Waals surface area contributed by atoms with Crippen molar-refractivity contribution in [3.63, 3.8) is 0 Å². The molecular weight excluding hydrogens is 793 g/mol. The maximum Gasteiger partial charge on any atom is 0.306 e. The van der Waals surface area contributed by atoms with Crippen molar-refractivity contribution in [2.75, 3.05) is 13.7 Å². The minimum atomic E-state index is -2.32. The predicted molar refractivity (Wildman–Crippen MR) is 250 cm³/mol. The minimum absolute atomic E-state index is 0.00476. The van der Waals surface area contributed by atoms with E-state index in [4.69, 9.17) is 27.5 Å². The van der Waals surface area contributed by atoms with Crippen LogP contribution >= 0.6 is 0 Å². The van der Waals surface area contributed by atoms with Crippen molar-refractivity contribution in [2.24, 2.45) is 17.8 Å². The largest absolute Gasteiger partial charge is 0.497 e. The van der Waals surface area contributed by atoms with E-state index < -0.39 is 31.1 Å². The highest BCUT2D eigenvalue weighted by atomic mass is 28.4. The number of aliphatic hydroxyl groups excluding tert-OH is 2. The van der Waals surface area contributed by atoms with Crippen LogP contribution in [0.25, 0.3) is 0 Å². The molecule has 2 N–H and O–H groups in total. The van der Waals surface area contributed by atoms with E-state index in [1.807, 2.05) is 31.2 Å². The molecule has 0 aliphatic carbocycles. The van der Waals surface area contributed by atoms with Crippen molar-refractivity contribution in [3.05, 3.63) is 42.0 Å². The molecule has 342 valence electrons. The van der Waals surface area contributed by atoms with Crippen molar-refractivity contribution in [3.8, 4) is 5.75 Å². The summed E-state index contributed by atoms with van der Waals surface area (Å²) in [6, 6.07) is 7.94. The van der Waals surface area contributed by atoms with Gasteiger partial charge in [0, 0.05) is 37.2 Å². The smallest absolute Gasteiger partial charge is 0.306 e. The Morgan fingerprint density at radius 1 is 0.814 bits per heavy atom. The molecule has 1 aliphatic heterocycles. The average molecular weight is 881 g/mol. The Hall–Kier alpha value is -1.36. The second-order valence-corrected chi connectivity index (χ2v) is 36.4. The van der Waals surface area contributed by atoms with Gasteiger partial charge in [-0.3, -0.25) is 4.79 Å². The van der Waals surface area contributed by atoms with Gasteiger partial charge < -0.3 is 37.7 Å². The van der Waals surface area contributed by atoms with Crippen LogP contribution in [0.4, 0.5) is 0 Å². The molecule has 1 aromatic rings. The van der Waals surface area contributed by atoms with Gasteiger partial charge in [-0.2, -0.15) is 0 Å². The van der Waals surface area contributed by atoms with Gasteiger partial charge >= 0.3 is 5.97 Å². The third-order valence-corrected chi connectivity index (χ3v) is 27.7. The fraction of sp³-hybridized carbons (Fsp3) is 0.809. The van der Waals surface area contributed by atoms with E-state index in [-0.39, 0.29) is 76.0 Å². The molecule has 0 unspecified atom stereocenters. The van der Waals surface area contributed by atoms with E-state index in [2.05, 4.69) is 128 Å². The summed E-state index contributed by atoms with van der Waals surface area (Å²) < 4.78 is 39.8. The average Bonchev–Trinajstić information content (AvgIpc) is 3.55. The summed E-state index contributed by atoms with van der Waals surface area (Å²) in [6.07, 6.45) is 5.04. The van der Waals surface area contributed by atoms with Gasteiger partial charge in [-0.1, -0.05) is 107 Å². The third-order valence-electron chi connectivity index (χ3n) is 14.2. The molecule has 2 rings (SSSR count). The fourth-order valence-corrected chi connectivity index (χ4v) is 10.8. The Labute approximate surface area is 364 Å². The number of carbonyl (C=O) groups excluding carboxylic acids is 1. The second kappa shape index (κ2) is 21.8. The molecule has 0 spiro atoms. The molecule has 0 amide bonds. The van der Waals surface area contributed by atoms with Crippen LogP contribution in [0.3, 0.4) is 0 Å². The number of esters is 1. The zero-order chi connectivity index (χ0) is 45.4. The summed E-state index contributed by atoms with van der Waals surface area (Å²) in [5, 5.41) is 21.7. The van der Waals surface area contributed by atoms with Crippen LogP contribution in [0.1, 0.15) is 121 Å². The zero-order valence-electron chi connectivity index (χ0n) is 40.9. The molecule has 1 heterocycles. The SMILES string of the molecule is COc1ccc(CO[C@@H]([C@@H](C)[C@@H](C[C@H](C[C@@H](/C=C/C[C@H](O)[C@H](C)[C@H]2CCC(=O)O2)O[Si](C)(C)C(C)(C)C)O[Si](C)(C)C(C)(C)C)O[Si](C)(C)C(C)(C)C)[C@@H](C)CO)cc1. The Bertz CT molecular complexity index is 1440. The quantitative estimate of drug-likeness (QED) is 0.0630. The lowest BCUT2D eigenvalue weighted by atomic mass is 9.86. The van der Waals surface area contributed by atoms with Crippen LogP contribution in [-0.2, 0) is 34.2 Å². The highest BCUT2D eigenvalue weighted by Crippen LogP contribution is 2.43. The number of hydrogen-bond donors (Lipinski definition) is 2. The molecule has 59 heavy (non-hydrogen) atoms. The normalized spacial score (nSPS) is 20.5. The van der Waals surface area contributed by atoms with Crippen LogP contribution in [0.5, 0.6) is 5.75 Å². The van der Waals surface area contributed by atoms with Crippen molar-refractivity contribution < 1.29 is 42.5 Å². The first kappa shape index (κ1) is 53.8. The third kappa shape index (κ3) is 16.1. The number of benzene rings is 1. The van der Waals surface area contributed by atoms with E-state index in [0.29, 0.717) is 38.7 Å². The molecule has 0 aromatic heterocycles. The summed E-state index contributed by atoms with van der Waals surface area (Å²) in [6.45, 7) is 40.9. The maximum absolute atomic E-state index is 11.8. The molecule has 1 aromatic carbocycles. The number of rotatable bonds is 23. The fourth-order valence-electron chi connectivity index (χ4n) is 6.76. The number of hydrogen-bond acceptors (Lipinski definition) is 9. The number of methoxy groups -OCH3 is 1. The summed E-state index contributed by atoms with van der Waals surface area (Å²) in [7, 11) is -5.23. The molecule has 1 aliphatic rings. The molecule has 9 nitrogen and oxygen atoms in total. The van der Waals surface area contributed by atoms with Gasteiger partial charge in [0.1, 0.15) is 11.9 Å². The van der Waals surface area contributed by atoms with E-state index in [0.717, 1.165) is 11.3 Å². The first-order valence-corrected chi connectivity index (χ1v) is 31.0. The van der Waals surface area contributed by atoms with Gasteiger partial charge in [0.25, 0.3) is 0 Å². The van der Waals surface area contributed by atoms with Crippen molar-refractivity contribution in [2.45, 2.75) is 213 Å². The highest BCUT2D eigenvalue weighted by Gasteiger charge is 2.46. The summed E-state index contributed by atoms with van der Waals surface area (Å²) in [5.74, 6) is 0.230. The Morgan fingerprint density at radius 2 is 1.34 bits per heavy atom. The number of aliphatic hydroxyl groups is 2. The number of ether oxygens (including phenoxy) is 3. The predicted octanol–water partition coefficient (Wildman–Crippen LogP) is 11.4. The maximum atomic E-state index is 11.8. The van der Waals surface area contributed by atoms with Gasteiger partial charge in [0.05, 0.1) is 44.2 Å². The topological polar surface area (TPSA) is 113 Å². The lowest BCUT2D eigenvalue weighted by Gasteiger charge is -2.46. The summed E-state index contributed by atoms with van der Waals surface area (Å²) >= 11 is 0. The standard InChI is InChI=1S/C47H88O9Si3/c1-33(31-48)44(52-32-36-23-25-37(51-13)26-24-36)35(3)42(56-59(18,19)47(10,11)12)30-39(55-58(16,17)46(7,8)9)29-38(54-57(14,15)45(4,5)6)21-20-22-40(49)34(2)41-27-28-43(50)53-41/h20-21,23-26,33-35,38-42,44,48-49H,22,27-32H2,1-19H3/b21-20+/t33-,34-,35-,38+,39-,40-,41+,42+,44+/m0/s1.